The van der Waals surface area contributed by atoms with Crippen LogP contribution in [0.3, 0.4) is 0 Å². The molecule has 0 fully saturated rings. The highest BCUT2D eigenvalue weighted by molar-refractivity contribution is 5.98. The van der Waals surface area contributed by atoms with Crippen molar-refractivity contribution in [1.82, 2.24) is 0 Å². The third-order valence-electron chi connectivity index (χ3n) is 3.57. The van der Waals surface area contributed by atoms with Gasteiger partial charge in [-0.25, -0.2) is 4.79 Å². The van der Waals surface area contributed by atoms with Crippen LogP contribution in [0.1, 0.15) is 21.5 Å². The first kappa shape index (κ1) is 13.2. The van der Waals surface area contributed by atoms with E-state index in [1.165, 1.54) is 0 Å². The molecule has 0 amide bonds. The third kappa shape index (κ3) is 2.58. The number of hydrogen-bond donors (Lipinski definition) is 2. The van der Waals surface area contributed by atoms with Gasteiger partial charge < -0.3 is 10.2 Å². The summed E-state index contributed by atoms with van der Waals surface area (Å²) >= 11 is 0. The summed E-state index contributed by atoms with van der Waals surface area (Å²) in [5.41, 5.74) is 2.13. The molecule has 0 aromatic heterocycles. The molecule has 0 aliphatic heterocycles. The molecule has 3 rings (SSSR count). The van der Waals surface area contributed by atoms with Crippen LogP contribution in [0, 0.1) is 0 Å². The van der Waals surface area contributed by atoms with E-state index in [1.807, 2.05) is 30.3 Å². The molecule has 0 spiro atoms. The van der Waals surface area contributed by atoms with Crippen LogP contribution in [-0.2, 0) is 6.42 Å². The lowest BCUT2D eigenvalue weighted by atomic mass is 9.93. The van der Waals surface area contributed by atoms with E-state index in [1.54, 1.807) is 30.3 Å². The van der Waals surface area contributed by atoms with Crippen molar-refractivity contribution < 1.29 is 15.0 Å². The largest absolute Gasteiger partial charge is 0.508 e. The predicted octanol–water partition coefficient (Wildman–Crippen LogP) is 3.83. The highest BCUT2D eigenvalue weighted by atomic mass is 16.4. The molecule has 3 aromatic rings. The summed E-state index contributed by atoms with van der Waals surface area (Å²) in [4.78, 5) is 11.5. The van der Waals surface area contributed by atoms with Crippen LogP contribution in [-0.4, -0.2) is 16.2 Å². The fourth-order valence-corrected chi connectivity index (χ4v) is 2.57. The van der Waals surface area contributed by atoms with Gasteiger partial charge in [-0.1, -0.05) is 42.5 Å². The summed E-state index contributed by atoms with van der Waals surface area (Å²) in [6.07, 6.45) is 0.546. The summed E-state index contributed by atoms with van der Waals surface area (Å²) < 4.78 is 0. The number of hydrogen-bond acceptors (Lipinski definition) is 2. The summed E-state index contributed by atoms with van der Waals surface area (Å²) in [7, 11) is 0. The van der Waals surface area contributed by atoms with Crippen LogP contribution in [0.4, 0.5) is 0 Å². The van der Waals surface area contributed by atoms with Crippen LogP contribution in [0.5, 0.6) is 5.75 Å². The molecule has 21 heavy (non-hydrogen) atoms. The van der Waals surface area contributed by atoms with Gasteiger partial charge in [-0.15, -0.1) is 0 Å². The Morgan fingerprint density at radius 2 is 1.71 bits per heavy atom. The van der Waals surface area contributed by atoms with E-state index in [2.05, 4.69) is 0 Å². The van der Waals surface area contributed by atoms with Crippen LogP contribution in [0.15, 0.2) is 60.7 Å². The van der Waals surface area contributed by atoms with Gasteiger partial charge in [0, 0.05) is 0 Å². The Bertz CT molecular complexity index is 807. The second-order valence-electron chi connectivity index (χ2n) is 4.96. The monoisotopic (exact) mass is 278 g/mol. The molecule has 0 bridgehead atoms. The van der Waals surface area contributed by atoms with Gasteiger partial charge in [0.15, 0.2) is 0 Å². The summed E-state index contributed by atoms with van der Waals surface area (Å²) in [6.45, 7) is 0. The number of carboxylic acids is 1. The molecule has 0 saturated carbocycles. The van der Waals surface area contributed by atoms with Crippen molar-refractivity contribution in [3.8, 4) is 5.75 Å². The molecule has 0 unspecified atom stereocenters. The third-order valence-corrected chi connectivity index (χ3v) is 3.57. The number of aromatic carboxylic acids is 1. The van der Waals surface area contributed by atoms with Gasteiger partial charge in [0.2, 0.25) is 0 Å². The smallest absolute Gasteiger partial charge is 0.335 e. The lowest BCUT2D eigenvalue weighted by Gasteiger charge is -2.11. The Balaban J connectivity index is 2.21. The van der Waals surface area contributed by atoms with Crippen molar-refractivity contribution in [2.24, 2.45) is 0 Å². The minimum absolute atomic E-state index is 0.177. The maximum absolute atomic E-state index is 11.5. The highest BCUT2D eigenvalue weighted by Gasteiger charge is 2.14. The van der Waals surface area contributed by atoms with Crippen LogP contribution >= 0.6 is 0 Å². The van der Waals surface area contributed by atoms with Crippen molar-refractivity contribution >= 4 is 16.7 Å². The molecule has 3 heteroatoms. The van der Waals surface area contributed by atoms with Gasteiger partial charge in [-0.2, -0.15) is 0 Å². The first-order valence-electron chi connectivity index (χ1n) is 6.67. The Morgan fingerprint density at radius 3 is 2.43 bits per heavy atom. The van der Waals surface area contributed by atoms with Gasteiger partial charge in [0.25, 0.3) is 0 Å². The maximum Gasteiger partial charge on any atom is 0.335 e. The van der Waals surface area contributed by atoms with Crippen LogP contribution < -0.4 is 0 Å². The first-order valence-corrected chi connectivity index (χ1v) is 6.67. The topological polar surface area (TPSA) is 57.5 Å². The van der Waals surface area contributed by atoms with E-state index in [-0.39, 0.29) is 5.75 Å². The lowest BCUT2D eigenvalue weighted by Crippen LogP contribution is -2.04. The van der Waals surface area contributed by atoms with Crippen molar-refractivity contribution in [2.45, 2.75) is 6.42 Å². The number of fused-ring (bicyclic) bond motifs is 1. The zero-order valence-electron chi connectivity index (χ0n) is 11.3. The van der Waals surface area contributed by atoms with Crippen molar-refractivity contribution in [1.29, 1.82) is 0 Å². The summed E-state index contributed by atoms with van der Waals surface area (Å²) in [6, 6.07) is 18.1. The highest BCUT2D eigenvalue weighted by Crippen LogP contribution is 2.28. The number of phenolic OH excluding ortho intramolecular Hbond substituents is 1. The average Bonchev–Trinajstić information content (AvgIpc) is 2.48. The molecular formula is C18H14O3. The van der Waals surface area contributed by atoms with Gasteiger partial charge in [-0.05, 0) is 46.5 Å². The molecule has 0 atom stereocenters. The standard InChI is InChI=1S/C18H14O3/c19-14-7-9-15-13(11-14)6-8-16(18(20)21)17(15)10-12-4-2-1-3-5-12/h1-9,11,19H,10H2,(H,20,21). The number of carbonyl (C=O) groups is 1. The Morgan fingerprint density at radius 1 is 0.952 bits per heavy atom. The molecule has 3 aromatic carbocycles. The quantitative estimate of drug-likeness (QED) is 0.765. The van der Waals surface area contributed by atoms with E-state index >= 15 is 0 Å². The molecule has 0 heterocycles. The van der Waals surface area contributed by atoms with E-state index in [4.69, 9.17) is 0 Å². The molecular weight excluding hydrogens is 264 g/mol. The van der Waals surface area contributed by atoms with Crippen LogP contribution in [0.25, 0.3) is 10.8 Å². The molecule has 0 saturated heterocycles. The molecule has 0 aliphatic rings. The zero-order chi connectivity index (χ0) is 14.8. The number of benzene rings is 3. The zero-order valence-corrected chi connectivity index (χ0v) is 11.3. The average molecular weight is 278 g/mol. The first-order chi connectivity index (χ1) is 10.1. The van der Waals surface area contributed by atoms with Gasteiger partial charge in [0.1, 0.15) is 5.75 Å². The van der Waals surface area contributed by atoms with E-state index in [0.29, 0.717) is 12.0 Å². The van der Waals surface area contributed by atoms with Gasteiger partial charge in [-0.3, -0.25) is 0 Å². The van der Waals surface area contributed by atoms with E-state index in [9.17, 15) is 15.0 Å². The number of phenols is 1. The van der Waals surface area contributed by atoms with Gasteiger partial charge >= 0.3 is 5.97 Å². The normalized spacial score (nSPS) is 10.7. The van der Waals surface area contributed by atoms with Gasteiger partial charge in [0.05, 0.1) is 5.56 Å². The number of carboxylic acid groups (broad SMARTS) is 1. The van der Waals surface area contributed by atoms with E-state index < -0.39 is 5.97 Å². The number of aromatic hydroxyl groups is 1. The van der Waals surface area contributed by atoms with Crippen molar-refractivity contribution in [3.05, 3.63) is 77.4 Å². The molecule has 104 valence electrons. The summed E-state index contributed by atoms with van der Waals surface area (Å²) in [5, 5.41) is 20.7. The summed E-state index contributed by atoms with van der Waals surface area (Å²) in [5.74, 6) is -0.757. The minimum atomic E-state index is -0.934. The maximum atomic E-state index is 11.5. The SMILES string of the molecule is O=C(O)c1ccc2cc(O)ccc2c1Cc1ccccc1. The lowest BCUT2D eigenvalue weighted by molar-refractivity contribution is 0.0696. The predicted molar refractivity (Wildman–Crippen MR) is 81.8 cm³/mol. The Kier molecular flexibility index (Phi) is 3.32. The number of rotatable bonds is 3. The molecule has 0 aliphatic carbocycles. The van der Waals surface area contributed by atoms with Crippen molar-refractivity contribution in [3.63, 3.8) is 0 Å². The van der Waals surface area contributed by atoms with Crippen molar-refractivity contribution in [2.75, 3.05) is 0 Å². The fourth-order valence-electron chi connectivity index (χ4n) is 2.57. The second kappa shape index (κ2) is 5.29. The molecule has 0 radical (unpaired) electrons. The Hall–Kier alpha value is -2.81. The Labute approximate surface area is 122 Å². The van der Waals surface area contributed by atoms with Crippen LogP contribution in [0.2, 0.25) is 0 Å². The second-order valence-corrected chi connectivity index (χ2v) is 4.96. The molecule has 3 nitrogen and oxygen atoms in total. The van der Waals surface area contributed by atoms with E-state index in [0.717, 1.165) is 21.9 Å². The molecule has 2 N–H and O–H groups in total. The fraction of sp³-hybridized carbons (Fsp3) is 0.0556. The minimum Gasteiger partial charge on any atom is -0.508 e.